The summed E-state index contributed by atoms with van der Waals surface area (Å²) < 4.78 is 1.29. The number of halogens is 2. The summed E-state index contributed by atoms with van der Waals surface area (Å²) in [7, 11) is 0. The van der Waals surface area contributed by atoms with Crippen molar-refractivity contribution < 1.29 is 10.0 Å². The van der Waals surface area contributed by atoms with Gasteiger partial charge in [-0.1, -0.05) is 15.9 Å². The minimum absolute atomic E-state index is 0.0150. The predicted octanol–water partition coefficient (Wildman–Crippen LogP) is 5.04. The molecule has 8 nitrogen and oxygen atoms in total. The average Bonchev–Trinajstić information content (AvgIpc) is 2.64. The maximum atomic E-state index is 10.7. The van der Waals surface area contributed by atoms with E-state index in [1.165, 1.54) is 18.3 Å². The van der Waals surface area contributed by atoms with Crippen molar-refractivity contribution in [1.82, 2.24) is 9.97 Å². The minimum atomic E-state index is -0.458. The van der Waals surface area contributed by atoms with Crippen molar-refractivity contribution in [2.24, 2.45) is 5.10 Å². The number of hydrazone groups is 1. The van der Waals surface area contributed by atoms with E-state index < -0.39 is 4.92 Å². The number of nitrogens with one attached hydrogen (secondary N) is 1. The molecular formula is C18H13Br2N5O3. The number of phenols is 1. The van der Waals surface area contributed by atoms with Gasteiger partial charge in [0.2, 0.25) is 0 Å². The number of nitrogens with zero attached hydrogens (tertiary/aromatic N) is 4. The molecule has 0 unspecified atom stereocenters. The minimum Gasteiger partial charge on any atom is -0.506 e. The van der Waals surface area contributed by atoms with Gasteiger partial charge in [-0.25, -0.2) is 9.97 Å². The van der Waals surface area contributed by atoms with Crippen molar-refractivity contribution in [3.8, 4) is 17.1 Å². The zero-order valence-corrected chi connectivity index (χ0v) is 17.6. The lowest BCUT2D eigenvalue weighted by atomic mass is 10.2. The number of nitro groups is 1. The van der Waals surface area contributed by atoms with E-state index in [9.17, 15) is 15.2 Å². The van der Waals surface area contributed by atoms with Gasteiger partial charge in [-0.3, -0.25) is 15.5 Å². The molecule has 1 heterocycles. The smallest absolute Gasteiger partial charge is 0.269 e. The number of phenolic OH excluding ortho intramolecular Hbond substituents is 1. The summed E-state index contributed by atoms with van der Waals surface area (Å²) in [5, 5.41) is 25.1. The zero-order valence-electron chi connectivity index (χ0n) is 14.4. The SMILES string of the molecule is Cc1cc(N/N=C/c2ccc([N+](=O)[O-])cc2)nc(-c2cc(Br)cc(Br)c2O)n1. The summed E-state index contributed by atoms with van der Waals surface area (Å²) in [4.78, 5) is 19.0. The van der Waals surface area contributed by atoms with Crippen LogP contribution < -0.4 is 5.43 Å². The first-order valence-corrected chi connectivity index (χ1v) is 9.49. The van der Waals surface area contributed by atoms with Gasteiger partial charge < -0.3 is 5.11 Å². The molecule has 1 aromatic heterocycles. The molecule has 0 bridgehead atoms. The van der Waals surface area contributed by atoms with Gasteiger partial charge in [-0.05, 0) is 52.7 Å². The van der Waals surface area contributed by atoms with E-state index in [4.69, 9.17) is 0 Å². The van der Waals surface area contributed by atoms with Crippen LogP contribution in [0.15, 0.2) is 56.5 Å². The molecule has 0 amide bonds. The molecule has 0 saturated heterocycles. The molecule has 0 saturated carbocycles. The molecule has 2 N–H and O–H groups in total. The molecule has 0 aliphatic heterocycles. The van der Waals surface area contributed by atoms with Gasteiger partial charge >= 0.3 is 0 Å². The Bertz CT molecular complexity index is 1070. The molecule has 3 aromatic rings. The van der Waals surface area contributed by atoms with Gasteiger partial charge in [0.05, 0.1) is 21.2 Å². The van der Waals surface area contributed by atoms with Crippen LogP contribution in [0.2, 0.25) is 0 Å². The number of aromatic nitrogens is 2. The summed E-state index contributed by atoms with van der Waals surface area (Å²) in [6.45, 7) is 1.81. The molecule has 2 aromatic carbocycles. The Morgan fingerprint density at radius 3 is 2.57 bits per heavy atom. The fourth-order valence-electron chi connectivity index (χ4n) is 2.34. The average molecular weight is 507 g/mol. The van der Waals surface area contributed by atoms with E-state index in [1.807, 2.05) is 0 Å². The quantitative estimate of drug-likeness (QED) is 0.285. The molecule has 0 fully saturated rings. The summed E-state index contributed by atoms with van der Waals surface area (Å²) in [6.07, 6.45) is 1.52. The second kappa shape index (κ2) is 8.44. The van der Waals surface area contributed by atoms with Crippen LogP contribution in [0.25, 0.3) is 11.4 Å². The molecule has 0 radical (unpaired) electrons. The van der Waals surface area contributed by atoms with Gasteiger partial charge in [0, 0.05) is 28.4 Å². The summed E-state index contributed by atoms with van der Waals surface area (Å²) in [5.41, 5.74) is 4.67. The second-order valence-corrected chi connectivity index (χ2v) is 7.49. The highest BCUT2D eigenvalue weighted by molar-refractivity contribution is 9.11. The predicted molar refractivity (Wildman–Crippen MR) is 114 cm³/mol. The molecule has 0 spiro atoms. The van der Waals surface area contributed by atoms with E-state index in [0.717, 1.165) is 4.47 Å². The van der Waals surface area contributed by atoms with E-state index in [2.05, 4.69) is 52.4 Å². The fourth-order valence-corrected chi connectivity index (χ4v) is 3.56. The van der Waals surface area contributed by atoms with Crippen LogP contribution in [0.3, 0.4) is 0 Å². The van der Waals surface area contributed by atoms with Crippen molar-refractivity contribution in [1.29, 1.82) is 0 Å². The van der Waals surface area contributed by atoms with Crippen molar-refractivity contribution >= 4 is 49.6 Å². The molecule has 3 rings (SSSR count). The van der Waals surface area contributed by atoms with Gasteiger partial charge in [-0.15, -0.1) is 0 Å². The van der Waals surface area contributed by atoms with Crippen LogP contribution in [-0.2, 0) is 0 Å². The maximum absolute atomic E-state index is 10.7. The number of non-ortho nitro benzene ring substituents is 1. The summed E-state index contributed by atoms with van der Waals surface area (Å²) in [6, 6.07) is 11.2. The number of hydrogen-bond acceptors (Lipinski definition) is 7. The van der Waals surface area contributed by atoms with Crippen LogP contribution in [0.4, 0.5) is 11.5 Å². The van der Waals surface area contributed by atoms with Gasteiger partial charge in [-0.2, -0.15) is 5.10 Å². The van der Waals surface area contributed by atoms with Crippen molar-refractivity contribution in [3.05, 3.63) is 72.8 Å². The topological polar surface area (TPSA) is 114 Å². The monoisotopic (exact) mass is 505 g/mol. The molecule has 0 aliphatic carbocycles. The number of nitro benzene ring substituents is 1. The van der Waals surface area contributed by atoms with Crippen LogP contribution in [0.5, 0.6) is 5.75 Å². The highest BCUT2D eigenvalue weighted by atomic mass is 79.9. The van der Waals surface area contributed by atoms with Crippen molar-refractivity contribution in [2.45, 2.75) is 6.92 Å². The van der Waals surface area contributed by atoms with Crippen LogP contribution in [0.1, 0.15) is 11.3 Å². The van der Waals surface area contributed by atoms with E-state index >= 15 is 0 Å². The fraction of sp³-hybridized carbons (Fsp3) is 0.0556. The molecule has 0 aliphatic rings. The van der Waals surface area contributed by atoms with Crippen LogP contribution in [0, 0.1) is 17.0 Å². The highest BCUT2D eigenvalue weighted by Crippen LogP contribution is 2.37. The number of aryl methyl sites for hydroxylation is 1. The lowest BCUT2D eigenvalue weighted by Gasteiger charge is -2.09. The number of rotatable bonds is 5. The van der Waals surface area contributed by atoms with Gasteiger partial charge in [0.1, 0.15) is 5.75 Å². The maximum Gasteiger partial charge on any atom is 0.269 e. The molecular weight excluding hydrogens is 494 g/mol. The number of hydrogen-bond donors (Lipinski definition) is 2. The Labute approximate surface area is 176 Å². The third kappa shape index (κ3) is 4.70. The van der Waals surface area contributed by atoms with E-state index in [-0.39, 0.29) is 11.4 Å². The first-order valence-electron chi connectivity index (χ1n) is 7.91. The standard InChI is InChI=1S/C18H13Br2N5O3/c1-10-6-16(24-21-9-11-2-4-13(5-3-11)25(27)28)23-18(22-10)14-7-12(19)8-15(20)17(14)26/h2-9,26H,1H3,(H,22,23,24)/b21-9+. The Morgan fingerprint density at radius 1 is 1.18 bits per heavy atom. The molecule has 142 valence electrons. The summed E-state index contributed by atoms with van der Waals surface area (Å²) in [5.74, 6) is 0.817. The third-order valence-corrected chi connectivity index (χ3v) is 4.68. The first-order chi connectivity index (χ1) is 13.3. The van der Waals surface area contributed by atoms with E-state index in [0.29, 0.717) is 32.9 Å². The number of anilines is 1. The van der Waals surface area contributed by atoms with Gasteiger partial charge in [0.25, 0.3) is 5.69 Å². The second-order valence-electron chi connectivity index (χ2n) is 5.72. The molecule has 10 heteroatoms. The largest absolute Gasteiger partial charge is 0.506 e. The van der Waals surface area contributed by atoms with Crippen LogP contribution >= 0.6 is 31.9 Å². The number of aromatic hydroxyl groups is 1. The first kappa shape index (κ1) is 19.9. The molecule has 0 atom stereocenters. The lowest BCUT2D eigenvalue weighted by Crippen LogP contribution is -1.99. The summed E-state index contributed by atoms with van der Waals surface area (Å²) >= 11 is 6.68. The van der Waals surface area contributed by atoms with Crippen molar-refractivity contribution in [2.75, 3.05) is 5.43 Å². The lowest BCUT2D eigenvalue weighted by molar-refractivity contribution is -0.384. The van der Waals surface area contributed by atoms with Crippen molar-refractivity contribution in [3.63, 3.8) is 0 Å². The molecule has 28 heavy (non-hydrogen) atoms. The number of benzene rings is 2. The normalized spacial score (nSPS) is 11.0. The third-order valence-electron chi connectivity index (χ3n) is 3.62. The highest BCUT2D eigenvalue weighted by Gasteiger charge is 2.13. The Hall–Kier alpha value is -2.85. The zero-order chi connectivity index (χ0) is 20.3. The Kier molecular flexibility index (Phi) is 6.00. The van der Waals surface area contributed by atoms with Crippen LogP contribution in [-0.4, -0.2) is 26.2 Å². The Balaban J connectivity index is 1.83. The Morgan fingerprint density at radius 2 is 1.89 bits per heavy atom. The van der Waals surface area contributed by atoms with E-state index in [1.54, 1.807) is 37.3 Å². The van der Waals surface area contributed by atoms with Gasteiger partial charge in [0.15, 0.2) is 11.6 Å².